The summed E-state index contributed by atoms with van der Waals surface area (Å²) in [4.78, 5) is 25.0. The molecule has 0 atom stereocenters. The summed E-state index contributed by atoms with van der Waals surface area (Å²) >= 11 is 0. The Hall–Kier alpha value is -3.48. The third-order valence-corrected chi connectivity index (χ3v) is 4.90. The zero-order valence-electron chi connectivity index (χ0n) is 17.7. The van der Waals surface area contributed by atoms with Crippen LogP contribution in [0.1, 0.15) is 26.3 Å². The van der Waals surface area contributed by atoms with Gasteiger partial charge in [0.2, 0.25) is 5.43 Å². The fraction of sp³-hybridized carbons (Fsp3) is 0.333. The molecule has 162 valence electrons. The summed E-state index contributed by atoms with van der Waals surface area (Å²) in [6, 6.07) is 8.78. The first-order valence-corrected chi connectivity index (χ1v) is 10.3. The molecule has 2 heterocycles. The molecule has 2 aromatic carbocycles. The van der Waals surface area contributed by atoms with Crippen molar-refractivity contribution in [2.45, 2.75) is 33.3 Å². The van der Waals surface area contributed by atoms with Crippen molar-refractivity contribution in [1.82, 2.24) is 0 Å². The Bertz CT molecular complexity index is 1180. The SMILES string of the molecule is CCc1cc2c(=O)c(-c3ccc4c(c3)OCCO4)coc2cc1OCC(=O)OC(C)C. The van der Waals surface area contributed by atoms with E-state index in [9.17, 15) is 9.59 Å². The van der Waals surface area contributed by atoms with Gasteiger partial charge in [0, 0.05) is 6.07 Å². The molecule has 3 aromatic rings. The molecule has 1 aliphatic rings. The highest BCUT2D eigenvalue weighted by atomic mass is 16.6. The van der Waals surface area contributed by atoms with E-state index < -0.39 is 5.97 Å². The topological polar surface area (TPSA) is 84.2 Å². The summed E-state index contributed by atoms with van der Waals surface area (Å²) in [6.07, 6.45) is 1.84. The molecule has 0 N–H and O–H groups in total. The van der Waals surface area contributed by atoms with Gasteiger partial charge in [-0.05, 0) is 49.6 Å². The predicted octanol–water partition coefficient (Wildman–Crippen LogP) is 4.12. The van der Waals surface area contributed by atoms with Crippen LogP contribution in [-0.2, 0) is 16.0 Å². The molecule has 0 saturated carbocycles. The van der Waals surface area contributed by atoms with E-state index in [-0.39, 0.29) is 18.1 Å². The molecule has 0 amide bonds. The monoisotopic (exact) mass is 424 g/mol. The maximum atomic E-state index is 13.2. The van der Waals surface area contributed by atoms with Gasteiger partial charge in [0.15, 0.2) is 18.1 Å². The van der Waals surface area contributed by atoms with E-state index in [1.807, 2.05) is 13.0 Å². The summed E-state index contributed by atoms with van der Waals surface area (Å²) in [6.45, 7) is 6.27. The molecule has 0 bridgehead atoms. The van der Waals surface area contributed by atoms with Crippen molar-refractivity contribution < 1.29 is 28.2 Å². The second kappa shape index (κ2) is 8.71. The standard InChI is InChI=1S/C24H24O7/c1-4-15-9-17-21(11-20(15)30-13-23(25)31-14(2)3)29-12-18(24(17)26)16-5-6-19-22(10-16)28-8-7-27-19/h5-6,9-12,14H,4,7-8,13H2,1-3H3. The molecule has 1 aromatic heterocycles. The fourth-order valence-electron chi connectivity index (χ4n) is 3.46. The molecule has 0 radical (unpaired) electrons. The normalized spacial score (nSPS) is 12.8. The minimum absolute atomic E-state index is 0.154. The van der Waals surface area contributed by atoms with E-state index in [0.717, 1.165) is 5.56 Å². The summed E-state index contributed by atoms with van der Waals surface area (Å²) in [5, 5.41) is 0.446. The summed E-state index contributed by atoms with van der Waals surface area (Å²) in [5.74, 6) is 1.30. The number of carbonyl (C=O) groups excluding carboxylic acids is 1. The van der Waals surface area contributed by atoms with E-state index in [0.29, 0.717) is 59.0 Å². The number of carbonyl (C=O) groups is 1. The van der Waals surface area contributed by atoms with E-state index in [1.165, 1.54) is 6.26 Å². The van der Waals surface area contributed by atoms with Crippen LogP contribution in [0, 0.1) is 0 Å². The zero-order chi connectivity index (χ0) is 22.0. The van der Waals surface area contributed by atoms with Crippen LogP contribution in [0.2, 0.25) is 0 Å². The molecular weight excluding hydrogens is 400 g/mol. The molecule has 31 heavy (non-hydrogen) atoms. The van der Waals surface area contributed by atoms with Crippen LogP contribution in [0.5, 0.6) is 17.2 Å². The average molecular weight is 424 g/mol. The smallest absolute Gasteiger partial charge is 0.344 e. The van der Waals surface area contributed by atoms with Gasteiger partial charge in [0.1, 0.15) is 30.8 Å². The van der Waals surface area contributed by atoms with Crippen LogP contribution in [0.3, 0.4) is 0 Å². The number of ether oxygens (including phenoxy) is 4. The van der Waals surface area contributed by atoms with Crippen molar-refractivity contribution in [1.29, 1.82) is 0 Å². The Morgan fingerprint density at radius 2 is 1.87 bits per heavy atom. The average Bonchev–Trinajstić information content (AvgIpc) is 2.76. The second-order valence-corrected chi connectivity index (χ2v) is 7.47. The maximum absolute atomic E-state index is 13.2. The molecule has 0 unspecified atom stereocenters. The fourth-order valence-corrected chi connectivity index (χ4v) is 3.46. The minimum Gasteiger partial charge on any atom is -0.486 e. The van der Waals surface area contributed by atoms with Gasteiger partial charge in [-0.25, -0.2) is 4.79 Å². The van der Waals surface area contributed by atoms with Crippen molar-refractivity contribution in [3.8, 4) is 28.4 Å². The second-order valence-electron chi connectivity index (χ2n) is 7.47. The molecular formula is C24H24O7. The lowest BCUT2D eigenvalue weighted by Gasteiger charge is -2.18. The lowest BCUT2D eigenvalue weighted by atomic mass is 10.0. The van der Waals surface area contributed by atoms with Crippen molar-refractivity contribution >= 4 is 16.9 Å². The van der Waals surface area contributed by atoms with E-state index in [4.69, 9.17) is 23.4 Å². The Morgan fingerprint density at radius 1 is 1.10 bits per heavy atom. The molecule has 0 saturated heterocycles. The third kappa shape index (κ3) is 4.35. The van der Waals surface area contributed by atoms with Crippen LogP contribution in [0.25, 0.3) is 22.1 Å². The summed E-state index contributed by atoms with van der Waals surface area (Å²) < 4.78 is 27.7. The highest BCUT2D eigenvalue weighted by molar-refractivity contribution is 5.84. The molecule has 1 aliphatic heterocycles. The zero-order valence-corrected chi connectivity index (χ0v) is 17.7. The van der Waals surface area contributed by atoms with E-state index in [1.54, 1.807) is 38.1 Å². The minimum atomic E-state index is -0.451. The van der Waals surface area contributed by atoms with Crippen LogP contribution in [0.4, 0.5) is 0 Å². The van der Waals surface area contributed by atoms with Gasteiger partial charge in [0.25, 0.3) is 0 Å². The van der Waals surface area contributed by atoms with Crippen LogP contribution >= 0.6 is 0 Å². The first-order valence-electron chi connectivity index (χ1n) is 10.3. The quantitative estimate of drug-likeness (QED) is 0.550. The number of fused-ring (bicyclic) bond motifs is 2. The molecule has 0 spiro atoms. The molecule has 0 aliphatic carbocycles. The molecule has 7 heteroatoms. The van der Waals surface area contributed by atoms with E-state index in [2.05, 4.69) is 0 Å². The highest BCUT2D eigenvalue weighted by Gasteiger charge is 2.17. The van der Waals surface area contributed by atoms with Crippen molar-refractivity contribution in [3.63, 3.8) is 0 Å². The van der Waals surface area contributed by atoms with Gasteiger partial charge in [0.05, 0.1) is 17.1 Å². The Morgan fingerprint density at radius 3 is 2.61 bits per heavy atom. The van der Waals surface area contributed by atoms with Crippen LogP contribution in [-0.4, -0.2) is 31.9 Å². The number of hydrogen-bond donors (Lipinski definition) is 0. The lowest BCUT2D eigenvalue weighted by molar-refractivity contribution is -0.149. The summed E-state index contributed by atoms with van der Waals surface area (Å²) in [7, 11) is 0. The first-order chi connectivity index (χ1) is 15.0. The summed E-state index contributed by atoms with van der Waals surface area (Å²) in [5.41, 5.74) is 2.15. The highest BCUT2D eigenvalue weighted by Crippen LogP contribution is 2.34. The van der Waals surface area contributed by atoms with Crippen LogP contribution in [0.15, 0.2) is 45.8 Å². The number of benzene rings is 2. The van der Waals surface area contributed by atoms with Gasteiger partial charge in [-0.2, -0.15) is 0 Å². The van der Waals surface area contributed by atoms with Crippen molar-refractivity contribution in [2.24, 2.45) is 0 Å². The number of esters is 1. The Kier molecular flexibility index (Phi) is 5.84. The van der Waals surface area contributed by atoms with Crippen molar-refractivity contribution in [2.75, 3.05) is 19.8 Å². The molecule has 7 nitrogen and oxygen atoms in total. The molecule has 4 rings (SSSR count). The first kappa shape index (κ1) is 20.8. The lowest BCUT2D eigenvalue weighted by Crippen LogP contribution is -2.19. The van der Waals surface area contributed by atoms with Gasteiger partial charge in [-0.15, -0.1) is 0 Å². The Balaban J connectivity index is 1.68. The van der Waals surface area contributed by atoms with Gasteiger partial charge in [-0.3, -0.25) is 4.79 Å². The van der Waals surface area contributed by atoms with Crippen LogP contribution < -0.4 is 19.6 Å². The maximum Gasteiger partial charge on any atom is 0.344 e. The molecule has 0 fully saturated rings. The largest absolute Gasteiger partial charge is 0.486 e. The van der Waals surface area contributed by atoms with Crippen molar-refractivity contribution in [3.05, 3.63) is 52.4 Å². The number of rotatable bonds is 6. The predicted molar refractivity (Wildman–Crippen MR) is 115 cm³/mol. The number of aryl methyl sites for hydroxylation is 1. The van der Waals surface area contributed by atoms with Gasteiger partial charge in [-0.1, -0.05) is 13.0 Å². The van der Waals surface area contributed by atoms with Gasteiger partial charge >= 0.3 is 5.97 Å². The number of hydrogen-bond acceptors (Lipinski definition) is 7. The van der Waals surface area contributed by atoms with E-state index >= 15 is 0 Å². The third-order valence-electron chi connectivity index (χ3n) is 4.90. The Labute approximate surface area is 179 Å². The van der Waals surface area contributed by atoms with Gasteiger partial charge < -0.3 is 23.4 Å².